The Kier molecular flexibility index (Phi) is 3.71. The Labute approximate surface area is 111 Å². The van der Waals surface area contributed by atoms with Crippen LogP contribution in [0.3, 0.4) is 0 Å². The summed E-state index contributed by atoms with van der Waals surface area (Å²) in [5.41, 5.74) is 0. The van der Waals surface area contributed by atoms with Gasteiger partial charge in [-0.05, 0) is 31.9 Å². The normalized spacial score (nSPS) is 19.1. The molecule has 0 spiro atoms. The molecule has 0 aromatic carbocycles. The third-order valence-electron chi connectivity index (χ3n) is 3.19. The highest BCUT2D eigenvalue weighted by Crippen LogP contribution is 2.24. The second kappa shape index (κ2) is 5.10. The molecule has 2 rings (SSSR count). The molecule has 5 heteroatoms. The minimum atomic E-state index is -0.282. The average molecular weight is 266 g/mol. The van der Waals surface area contributed by atoms with Crippen molar-refractivity contribution >= 4 is 23.2 Å². The molecule has 0 saturated carbocycles. The van der Waals surface area contributed by atoms with E-state index >= 15 is 0 Å². The first kappa shape index (κ1) is 13.1. The maximum Gasteiger partial charge on any atom is 0.264 e. The number of carbonyl (C=O) groups excluding carboxylic acids is 2. The Morgan fingerprint density at radius 3 is 2.67 bits per heavy atom. The van der Waals surface area contributed by atoms with Gasteiger partial charge in [0, 0.05) is 25.5 Å². The number of hydrogen-bond donors (Lipinski definition) is 0. The Balaban J connectivity index is 2.17. The van der Waals surface area contributed by atoms with Crippen LogP contribution in [-0.4, -0.2) is 48.3 Å². The number of carbonyl (C=O) groups is 2. The van der Waals surface area contributed by atoms with Gasteiger partial charge in [0.05, 0.1) is 4.88 Å². The third-order valence-corrected chi connectivity index (χ3v) is 4.18. The summed E-state index contributed by atoms with van der Waals surface area (Å²) in [6.45, 7) is 2.66. The van der Waals surface area contributed by atoms with Crippen molar-refractivity contribution < 1.29 is 9.59 Å². The van der Waals surface area contributed by atoms with Crippen LogP contribution in [0, 0.1) is 6.92 Å². The SMILES string of the molecule is Cc1ccc(C(=O)N2CCCC2C(=O)N(C)C)s1. The van der Waals surface area contributed by atoms with Crippen molar-refractivity contribution in [3.63, 3.8) is 0 Å². The molecule has 1 aromatic heterocycles. The van der Waals surface area contributed by atoms with Gasteiger partial charge in [0.2, 0.25) is 5.91 Å². The van der Waals surface area contributed by atoms with Gasteiger partial charge in [0.25, 0.3) is 5.91 Å². The highest BCUT2D eigenvalue weighted by Gasteiger charge is 2.35. The minimum absolute atomic E-state index is 0.00852. The fraction of sp³-hybridized carbons (Fsp3) is 0.538. The summed E-state index contributed by atoms with van der Waals surface area (Å²) in [5.74, 6) is 0.0138. The molecular weight excluding hydrogens is 248 g/mol. The molecule has 1 aromatic rings. The van der Waals surface area contributed by atoms with Gasteiger partial charge < -0.3 is 9.80 Å². The highest BCUT2D eigenvalue weighted by molar-refractivity contribution is 7.13. The van der Waals surface area contributed by atoms with Crippen LogP contribution in [-0.2, 0) is 4.79 Å². The van der Waals surface area contributed by atoms with Crippen LogP contribution in [0.1, 0.15) is 27.4 Å². The summed E-state index contributed by atoms with van der Waals surface area (Å²) >= 11 is 1.49. The van der Waals surface area contributed by atoms with Crippen LogP contribution < -0.4 is 0 Å². The summed E-state index contributed by atoms with van der Waals surface area (Å²) in [5, 5.41) is 0. The number of likely N-dealkylation sites (tertiary alicyclic amines) is 1. The Bertz CT molecular complexity index is 467. The zero-order valence-corrected chi connectivity index (χ0v) is 11.8. The van der Waals surface area contributed by atoms with Crippen LogP contribution in [0.4, 0.5) is 0 Å². The lowest BCUT2D eigenvalue weighted by molar-refractivity contribution is -0.132. The predicted octanol–water partition coefficient (Wildman–Crippen LogP) is 1.75. The molecular formula is C13H18N2O2S. The van der Waals surface area contributed by atoms with E-state index in [9.17, 15) is 9.59 Å². The van der Waals surface area contributed by atoms with E-state index in [2.05, 4.69) is 0 Å². The first-order valence-electron chi connectivity index (χ1n) is 6.09. The number of rotatable bonds is 2. The molecule has 1 aliphatic rings. The van der Waals surface area contributed by atoms with E-state index in [1.807, 2.05) is 19.1 Å². The first-order chi connectivity index (χ1) is 8.50. The lowest BCUT2D eigenvalue weighted by atomic mass is 10.2. The van der Waals surface area contributed by atoms with Crippen molar-refractivity contribution in [3.8, 4) is 0 Å². The molecule has 18 heavy (non-hydrogen) atoms. The second-order valence-electron chi connectivity index (χ2n) is 4.80. The van der Waals surface area contributed by atoms with Crippen LogP contribution in [0.25, 0.3) is 0 Å². The number of amides is 2. The maximum atomic E-state index is 12.4. The topological polar surface area (TPSA) is 40.6 Å². The third kappa shape index (κ3) is 2.41. The van der Waals surface area contributed by atoms with Crippen LogP contribution in [0.2, 0.25) is 0 Å². The van der Waals surface area contributed by atoms with Gasteiger partial charge in [0.1, 0.15) is 6.04 Å². The second-order valence-corrected chi connectivity index (χ2v) is 6.09. The van der Waals surface area contributed by atoms with E-state index in [1.54, 1.807) is 23.9 Å². The van der Waals surface area contributed by atoms with Crippen molar-refractivity contribution in [2.75, 3.05) is 20.6 Å². The van der Waals surface area contributed by atoms with E-state index in [1.165, 1.54) is 11.3 Å². The monoisotopic (exact) mass is 266 g/mol. The van der Waals surface area contributed by atoms with Gasteiger partial charge in [-0.3, -0.25) is 9.59 Å². The lowest BCUT2D eigenvalue weighted by Gasteiger charge is -2.25. The molecule has 0 bridgehead atoms. The van der Waals surface area contributed by atoms with Crippen molar-refractivity contribution in [1.29, 1.82) is 0 Å². The van der Waals surface area contributed by atoms with E-state index in [4.69, 9.17) is 0 Å². The summed E-state index contributed by atoms with van der Waals surface area (Å²) in [6, 6.07) is 3.50. The standard InChI is InChI=1S/C13H18N2O2S/c1-9-6-7-11(18-9)13(17)15-8-4-5-10(15)12(16)14(2)3/h6-7,10H,4-5,8H2,1-3H3. The number of likely N-dealkylation sites (N-methyl/N-ethyl adjacent to an activating group) is 1. The van der Waals surface area contributed by atoms with Gasteiger partial charge in [-0.1, -0.05) is 0 Å². The predicted molar refractivity (Wildman–Crippen MR) is 71.8 cm³/mol. The highest BCUT2D eigenvalue weighted by atomic mass is 32.1. The fourth-order valence-electron chi connectivity index (χ4n) is 2.26. The Morgan fingerprint density at radius 1 is 1.39 bits per heavy atom. The average Bonchev–Trinajstić information content (AvgIpc) is 2.95. The number of hydrogen-bond acceptors (Lipinski definition) is 3. The fourth-order valence-corrected chi connectivity index (χ4v) is 3.08. The molecule has 1 unspecified atom stereocenters. The zero-order valence-electron chi connectivity index (χ0n) is 11.0. The van der Waals surface area contributed by atoms with Crippen molar-refractivity contribution in [3.05, 3.63) is 21.9 Å². The smallest absolute Gasteiger partial charge is 0.264 e. The van der Waals surface area contributed by atoms with Crippen molar-refractivity contribution in [2.24, 2.45) is 0 Å². The van der Waals surface area contributed by atoms with Crippen molar-refractivity contribution in [2.45, 2.75) is 25.8 Å². The van der Waals surface area contributed by atoms with Gasteiger partial charge in [-0.25, -0.2) is 0 Å². The molecule has 1 saturated heterocycles. The number of aryl methyl sites for hydroxylation is 1. The summed E-state index contributed by atoms with van der Waals surface area (Å²) < 4.78 is 0. The molecule has 1 aliphatic heterocycles. The van der Waals surface area contributed by atoms with E-state index in [-0.39, 0.29) is 17.9 Å². The molecule has 2 amide bonds. The molecule has 0 N–H and O–H groups in total. The maximum absolute atomic E-state index is 12.4. The first-order valence-corrected chi connectivity index (χ1v) is 6.91. The van der Waals surface area contributed by atoms with Crippen LogP contribution in [0.5, 0.6) is 0 Å². The Hall–Kier alpha value is -1.36. The largest absolute Gasteiger partial charge is 0.347 e. The van der Waals surface area contributed by atoms with Gasteiger partial charge in [-0.2, -0.15) is 0 Å². The molecule has 2 heterocycles. The summed E-state index contributed by atoms with van der Waals surface area (Å²) in [7, 11) is 3.47. The van der Waals surface area contributed by atoms with Crippen LogP contribution in [0.15, 0.2) is 12.1 Å². The van der Waals surface area contributed by atoms with Gasteiger partial charge >= 0.3 is 0 Å². The van der Waals surface area contributed by atoms with E-state index in [0.29, 0.717) is 6.54 Å². The molecule has 1 atom stereocenters. The number of nitrogens with zero attached hydrogens (tertiary/aromatic N) is 2. The summed E-state index contributed by atoms with van der Waals surface area (Å²) in [6.07, 6.45) is 1.67. The minimum Gasteiger partial charge on any atom is -0.347 e. The molecule has 0 radical (unpaired) electrons. The quantitative estimate of drug-likeness (QED) is 0.818. The van der Waals surface area contributed by atoms with E-state index < -0.39 is 0 Å². The molecule has 4 nitrogen and oxygen atoms in total. The van der Waals surface area contributed by atoms with Gasteiger partial charge in [0.15, 0.2) is 0 Å². The van der Waals surface area contributed by atoms with Crippen LogP contribution >= 0.6 is 11.3 Å². The zero-order chi connectivity index (χ0) is 13.3. The lowest BCUT2D eigenvalue weighted by Crippen LogP contribution is -2.45. The van der Waals surface area contributed by atoms with Gasteiger partial charge in [-0.15, -0.1) is 11.3 Å². The summed E-state index contributed by atoms with van der Waals surface area (Å²) in [4.78, 5) is 29.5. The Morgan fingerprint density at radius 2 is 2.11 bits per heavy atom. The van der Waals surface area contributed by atoms with Crippen molar-refractivity contribution in [1.82, 2.24) is 9.80 Å². The molecule has 0 aliphatic carbocycles. The van der Waals surface area contributed by atoms with E-state index in [0.717, 1.165) is 22.6 Å². The molecule has 1 fully saturated rings. The number of thiophene rings is 1. The molecule has 98 valence electrons.